The number of nitrogens with one attached hydrogen (secondary N) is 1. The predicted molar refractivity (Wildman–Crippen MR) is 136 cm³/mol. The zero-order chi connectivity index (χ0) is 25.8. The van der Waals surface area contributed by atoms with Gasteiger partial charge in [0.05, 0.1) is 0 Å². The summed E-state index contributed by atoms with van der Waals surface area (Å²) in [6, 6.07) is 14.8. The Bertz CT molecular complexity index is 1130. The van der Waals surface area contributed by atoms with Gasteiger partial charge in [-0.2, -0.15) is 0 Å². The van der Waals surface area contributed by atoms with Crippen LogP contribution in [0.5, 0.6) is 0 Å². The number of carbonyl (C=O) groups excluding carboxylic acids is 2. The van der Waals surface area contributed by atoms with E-state index in [0.29, 0.717) is 16.9 Å². The highest BCUT2D eigenvalue weighted by atomic mass is 16.4. The van der Waals surface area contributed by atoms with Gasteiger partial charge in [0, 0.05) is 48.5 Å². The number of rotatable bonds is 2. The number of nitrogens with zero attached hydrogens (tertiary/aromatic N) is 2. The minimum atomic E-state index is -1.21. The van der Waals surface area contributed by atoms with Gasteiger partial charge < -0.3 is 29.5 Å². The maximum atomic E-state index is 11.7. The van der Waals surface area contributed by atoms with Crippen LogP contribution in [-0.2, 0) is 9.59 Å². The Labute approximate surface area is 199 Å². The molecule has 1 fully saturated rings. The van der Waals surface area contributed by atoms with Gasteiger partial charge in [0.1, 0.15) is 19.1 Å². The number of fused-ring (bicyclic) bond motifs is 1. The molecule has 0 bridgehead atoms. The fraction of sp³-hybridized carbons (Fsp3) is 0.308. The van der Waals surface area contributed by atoms with Crippen molar-refractivity contribution in [2.75, 3.05) is 31.6 Å². The number of anilines is 1. The molecule has 0 saturated carbocycles. The van der Waals surface area contributed by atoms with Crippen LogP contribution in [-0.4, -0.2) is 67.3 Å². The first-order valence-corrected chi connectivity index (χ1v) is 10.7. The highest BCUT2D eigenvalue weighted by Crippen LogP contribution is 2.20. The van der Waals surface area contributed by atoms with E-state index in [9.17, 15) is 9.59 Å². The van der Waals surface area contributed by atoms with Crippen LogP contribution in [0.15, 0.2) is 53.5 Å². The average molecular weight is 468 g/mol. The van der Waals surface area contributed by atoms with Crippen molar-refractivity contribution in [1.29, 1.82) is 0 Å². The molecule has 2 heterocycles. The predicted octanol–water partition coefficient (Wildman–Crippen LogP) is 3.30. The average Bonchev–Trinajstić information content (AvgIpc) is 2.83. The van der Waals surface area contributed by atoms with Gasteiger partial charge in [-0.05, 0) is 52.1 Å². The summed E-state index contributed by atoms with van der Waals surface area (Å²) in [6.45, 7) is 13.8. The molecule has 0 radical (unpaired) electrons. The summed E-state index contributed by atoms with van der Waals surface area (Å²) < 4.78 is 0. The molecule has 2 aromatic carbocycles. The summed E-state index contributed by atoms with van der Waals surface area (Å²) in [5, 5.41) is 9.19. The molecule has 4 rings (SSSR count). The van der Waals surface area contributed by atoms with E-state index in [0.717, 1.165) is 25.2 Å². The van der Waals surface area contributed by atoms with Crippen LogP contribution >= 0.6 is 0 Å². The zero-order valence-electron chi connectivity index (χ0n) is 20.2. The number of carboxylic acids is 1. The number of aromatic carboxylic acids is 1. The van der Waals surface area contributed by atoms with Crippen molar-refractivity contribution in [3.8, 4) is 0 Å². The van der Waals surface area contributed by atoms with E-state index in [1.54, 1.807) is 12.1 Å². The number of carbonyl (C=O) groups is 3. The molecule has 0 spiro atoms. The van der Waals surface area contributed by atoms with Crippen molar-refractivity contribution in [2.24, 2.45) is 0 Å². The monoisotopic (exact) mass is 467 g/mol. The molecule has 1 saturated heterocycles. The lowest BCUT2D eigenvalue weighted by Crippen LogP contribution is -2.50. The third-order valence-electron chi connectivity index (χ3n) is 5.46. The minimum absolute atomic E-state index is 0.229. The SMILES string of the molecule is C=O.C=O.Cc1ccc(N2CCN(C)CC2C)cc1.Cc1ccc2[nH]cc(C(=O)O)c(=O)c2c1. The summed E-state index contributed by atoms with van der Waals surface area (Å²) in [5.74, 6) is -1.21. The van der Waals surface area contributed by atoms with Crippen LogP contribution in [0.1, 0.15) is 28.4 Å². The van der Waals surface area contributed by atoms with E-state index < -0.39 is 11.4 Å². The Kier molecular flexibility index (Phi) is 11.4. The summed E-state index contributed by atoms with van der Waals surface area (Å²) in [4.78, 5) is 46.1. The normalized spacial score (nSPS) is 15.1. The van der Waals surface area contributed by atoms with Crippen molar-refractivity contribution in [3.05, 3.63) is 75.6 Å². The van der Waals surface area contributed by atoms with Gasteiger partial charge in [0.15, 0.2) is 0 Å². The maximum absolute atomic E-state index is 11.7. The maximum Gasteiger partial charge on any atom is 0.341 e. The number of piperazine rings is 1. The number of aromatic amines is 1. The van der Waals surface area contributed by atoms with Crippen LogP contribution < -0.4 is 10.3 Å². The Morgan fingerprint density at radius 2 is 1.59 bits per heavy atom. The number of hydrogen-bond donors (Lipinski definition) is 2. The highest BCUT2D eigenvalue weighted by molar-refractivity contribution is 5.92. The van der Waals surface area contributed by atoms with Gasteiger partial charge in [0.2, 0.25) is 5.43 Å². The molecule has 0 amide bonds. The molecule has 8 nitrogen and oxygen atoms in total. The Morgan fingerprint density at radius 3 is 2.15 bits per heavy atom. The minimum Gasteiger partial charge on any atom is -0.477 e. The van der Waals surface area contributed by atoms with Crippen molar-refractivity contribution in [2.45, 2.75) is 26.8 Å². The number of carboxylic acid groups (broad SMARTS) is 1. The first kappa shape index (κ1) is 28.3. The Hall–Kier alpha value is -3.78. The first-order valence-electron chi connectivity index (χ1n) is 10.7. The number of hydrogen-bond acceptors (Lipinski definition) is 6. The van der Waals surface area contributed by atoms with E-state index in [1.807, 2.05) is 26.6 Å². The molecule has 8 heteroatoms. The third kappa shape index (κ3) is 7.38. The molecule has 182 valence electrons. The summed E-state index contributed by atoms with van der Waals surface area (Å²) in [6.07, 6.45) is 1.22. The van der Waals surface area contributed by atoms with E-state index >= 15 is 0 Å². The van der Waals surface area contributed by atoms with Crippen LogP contribution in [0.3, 0.4) is 0 Å². The second-order valence-corrected chi connectivity index (χ2v) is 8.03. The van der Waals surface area contributed by atoms with Crippen LogP contribution in [0.2, 0.25) is 0 Å². The van der Waals surface area contributed by atoms with E-state index in [2.05, 4.69) is 59.9 Å². The van der Waals surface area contributed by atoms with Gasteiger partial charge in [0.25, 0.3) is 0 Å². The molecule has 3 aromatic rings. The molecule has 1 atom stereocenters. The van der Waals surface area contributed by atoms with Crippen LogP contribution in [0.25, 0.3) is 10.9 Å². The summed E-state index contributed by atoms with van der Waals surface area (Å²) in [5.41, 5.74) is 3.60. The summed E-state index contributed by atoms with van der Waals surface area (Å²) >= 11 is 0. The molecule has 1 aliphatic rings. The van der Waals surface area contributed by atoms with Crippen molar-refractivity contribution < 1.29 is 19.5 Å². The smallest absolute Gasteiger partial charge is 0.341 e. The first-order chi connectivity index (χ1) is 16.3. The molecule has 1 aliphatic heterocycles. The van der Waals surface area contributed by atoms with E-state index in [4.69, 9.17) is 14.7 Å². The molecular weight excluding hydrogens is 434 g/mol. The number of H-pyrrole nitrogens is 1. The second kappa shape index (κ2) is 13.7. The molecule has 1 aromatic heterocycles. The number of benzene rings is 2. The van der Waals surface area contributed by atoms with E-state index in [1.165, 1.54) is 17.4 Å². The molecule has 2 N–H and O–H groups in total. The molecular formula is C26H33N3O5. The third-order valence-corrected chi connectivity index (χ3v) is 5.46. The van der Waals surface area contributed by atoms with Crippen molar-refractivity contribution in [1.82, 2.24) is 9.88 Å². The Morgan fingerprint density at radius 1 is 1.00 bits per heavy atom. The van der Waals surface area contributed by atoms with Gasteiger partial charge >= 0.3 is 5.97 Å². The number of pyridine rings is 1. The zero-order valence-corrected chi connectivity index (χ0v) is 20.2. The van der Waals surface area contributed by atoms with Crippen LogP contribution in [0, 0.1) is 13.8 Å². The van der Waals surface area contributed by atoms with Crippen molar-refractivity contribution in [3.63, 3.8) is 0 Å². The van der Waals surface area contributed by atoms with E-state index in [-0.39, 0.29) is 5.56 Å². The molecule has 0 aliphatic carbocycles. The summed E-state index contributed by atoms with van der Waals surface area (Å²) in [7, 11) is 2.20. The standard InChI is InChI=1S/C13H20N2.C11H9NO3.2CH2O/c1-11-4-6-13(7-5-11)15-9-8-14(3)10-12(15)2;1-6-2-3-9-7(4-6)10(13)8(5-12-9)11(14)15;2*1-2/h4-7,12H,8-10H2,1-3H3;2-5H,1H3,(H,12,13)(H,14,15);2*1H2. The number of aryl methyl sites for hydroxylation is 2. The quantitative estimate of drug-likeness (QED) is 0.595. The van der Waals surface area contributed by atoms with Gasteiger partial charge in [-0.3, -0.25) is 4.79 Å². The number of likely N-dealkylation sites (N-methyl/N-ethyl adjacent to an activating group) is 1. The van der Waals surface area contributed by atoms with Gasteiger partial charge in [-0.25, -0.2) is 4.79 Å². The lowest BCUT2D eigenvalue weighted by atomic mass is 10.1. The highest BCUT2D eigenvalue weighted by Gasteiger charge is 2.21. The lowest BCUT2D eigenvalue weighted by molar-refractivity contribution is -0.0987. The lowest BCUT2D eigenvalue weighted by Gasteiger charge is -2.39. The topological polar surface area (TPSA) is 111 Å². The number of aromatic nitrogens is 1. The largest absolute Gasteiger partial charge is 0.477 e. The fourth-order valence-corrected chi connectivity index (χ4v) is 3.75. The van der Waals surface area contributed by atoms with Crippen molar-refractivity contribution >= 4 is 36.1 Å². The van der Waals surface area contributed by atoms with Gasteiger partial charge in [-0.15, -0.1) is 0 Å². The Balaban J connectivity index is 0.000000297. The van der Waals surface area contributed by atoms with Gasteiger partial charge in [-0.1, -0.05) is 29.3 Å². The second-order valence-electron chi connectivity index (χ2n) is 8.03. The fourth-order valence-electron chi connectivity index (χ4n) is 3.75. The molecule has 1 unspecified atom stereocenters. The molecule has 34 heavy (non-hydrogen) atoms. The van der Waals surface area contributed by atoms with Crippen LogP contribution in [0.4, 0.5) is 5.69 Å².